The molecule has 0 atom stereocenters. The van der Waals surface area contributed by atoms with E-state index in [0.717, 1.165) is 12.3 Å². The fourth-order valence-corrected chi connectivity index (χ4v) is 3.25. The minimum Gasteiger partial charge on any atom is -0.482 e. The number of nitrogens with zero attached hydrogens (tertiary/aromatic N) is 3. The lowest BCUT2D eigenvalue weighted by atomic mass is 9.81. The Balaban J connectivity index is 1.33. The van der Waals surface area contributed by atoms with E-state index in [-0.39, 0.29) is 42.4 Å². The number of aromatic nitrogens is 2. The lowest BCUT2D eigenvalue weighted by Crippen LogP contribution is -2.40. The topological polar surface area (TPSA) is 97.9 Å². The van der Waals surface area contributed by atoms with E-state index in [1.165, 1.54) is 12.3 Å². The fourth-order valence-electron chi connectivity index (χ4n) is 3.25. The Morgan fingerprint density at radius 3 is 2.78 bits per heavy atom. The lowest BCUT2D eigenvalue weighted by molar-refractivity contribution is -0.276. The van der Waals surface area contributed by atoms with E-state index in [1.807, 2.05) is 0 Å². The van der Waals surface area contributed by atoms with Gasteiger partial charge in [0.05, 0.1) is 18.3 Å². The Kier molecular flexibility index (Phi) is 3.98. The predicted molar refractivity (Wildman–Crippen MR) is 80.8 cm³/mol. The normalized spacial score (nSPS) is 23.9. The first-order chi connectivity index (χ1) is 12.7. The van der Waals surface area contributed by atoms with Gasteiger partial charge in [-0.3, -0.25) is 4.79 Å². The van der Waals surface area contributed by atoms with Crippen LogP contribution in [0.3, 0.4) is 0 Å². The smallest absolute Gasteiger partial charge is 0.482 e. The minimum absolute atomic E-state index is 0.0300. The fraction of sp³-hybridized carbons (Fsp3) is 0.438. The SMILES string of the molecule is O=C(c1coc(COc2ccc(OC(F)(F)F)nc2)n1)N1CC2(O)CC1C2. The van der Waals surface area contributed by atoms with Crippen molar-refractivity contribution in [1.29, 1.82) is 0 Å². The molecule has 4 heterocycles. The average molecular weight is 385 g/mol. The Morgan fingerprint density at radius 2 is 2.19 bits per heavy atom. The van der Waals surface area contributed by atoms with Crippen LogP contribution in [0.5, 0.6) is 11.6 Å². The lowest BCUT2D eigenvalue weighted by Gasteiger charge is -2.31. The summed E-state index contributed by atoms with van der Waals surface area (Å²) < 4.78 is 50.4. The number of hydrogen-bond donors (Lipinski definition) is 1. The number of rotatable bonds is 5. The second-order valence-corrected chi connectivity index (χ2v) is 6.51. The number of halogens is 3. The Hall–Kier alpha value is -2.82. The van der Waals surface area contributed by atoms with Gasteiger partial charge in [0.2, 0.25) is 11.8 Å². The summed E-state index contributed by atoms with van der Waals surface area (Å²) in [4.78, 5) is 21.5. The molecule has 2 aromatic heterocycles. The van der Waals surface area contributed by atoms with Crippen LogP contribution >= 0.6 is 0 Å². The molecule has 1 aliphatic carbocycles. The zero-order chi connectivity index (χ0) is 19.2. The zero-order valence-electron chi connectivity index (χ0n) is 13.8. The number of carbonyl (C=O) groups is 1. The quantitative estimate of drug-likeness (QED) is 0.839. The summed E-state index contributed by atoms with van der Waals surface area (Å²) in [5.41, 5.74) is -0.665. The summed E-state index contributed by atoms with van der Waals surface area (Å²) in [6.07, 6.45) is -1.39. The highest BCUT2D eigenvalue weighted by molar-refractivity contribution is 5.92. The minimum atomic E-state index is -4.82. The van der Waals surface area contributed by atoms with E-state index < -0.39 is 17.8 Å². The maximum atomic E-state index is 12.4. The van der Waals surface area contributed by atoms with Gasteiger partial charge < -0.3 is 23.9 Å². The van der Waals surface area contributed by atoms with Crippen molar-refractivity contribution >= 4 is 5.91 Å². The number of fused-ring (bicyclic) bond motifs is 1. The molecule has 2 aliphatic heterocycles. The molecule has 0 aromatic carbocycles. The van der Waals surface area contributed by atoms with Crippen LogP contribution < -0.4 is 9.47 Å². The third-order valence-corrected chi connectivity index (χ3v) is 4.46. The number of alkyl halides is 3. The second kappa shape index (κ2) is 6.12. The van der Waals surface area contributed by atoms with E-state index >= 15 is 0 Å². The van der Waals surface area contributed by atoms with Crippen LogP contribution in [0.4, 0.5) is 13.2 Å². The van der Waals surface area contributed by atoms with Gasteiger partial charge in [0, 0.05) is 12.1 Å². The summed E-state index contributed by atoms with van der Waals surface area (Å²) in [5, 5.41) is 9.99. The highest BCUT2D eigenvalue weighted by atomic mass is 19.4. The molecule has 2 saturated heterocycles. The molecule has 0 radical (unpaired) electrons. The van der Waals surface area contributed by atoms with Gasteiger partial charge in [-0.1, -0.05) is 0 Å². The van der Waals surface area contributed by atoms with Gasteiger partial charge in [-0.05, 0) is 18.9 Å². The summed E-state index contributed by atoms with van der Waals surface area (Å²) in [6.45, 7) is 0.148. The van der Waals surface area contributed by atoms with Crippen molar-refractivity contribution in [1.82, 2.24) is 14.9 Å². The number of oxazole rings is 1. The van der Waals surface area contributed by atoms with Gasteiger partial charge in [0.1, 0.15) is 12.0 Å². The van der Waals surface area contributed by atoms with Gasteiger partial charge in [0.15, 0.2) is 12.3 Å². The average Bonchev–Trinajstić information content (AvgIpc) is 3.24. The third-order valence-electron chi connectivity index (χ3n) is 4.46. The maximum Gasteiger partial charge on any atom is 0.574 e. The maximum absolute atomic E-state index is 12.4. The molecule has 5 rings (SSSR count). The van der Waals surface area contributed by atoms with Gasteiger partial charge in [-0.15, -0.1) is 13.2 Å². The van der Waals surface area contributed by atoms with E-state index in [9.17, 15) is 23.1 Å². The Morgan fingerprint density at radius 1 is 1.41 bits per heavy atom. The first kappa shape index (κ1) is 17.6. The summed E-state index contributed by atoms with van der Waals surface area (Å²) in [7, 11) is 0. The number of pyridine rings is 1. The largest absolute Gasteiger partial charge is 0.574 e. The second-order valence-electron chi connectivity index (χ2n) is 6.51. The standard InChI is InChI=1S/C16H14F3N3O5/c17-16(18,19)27-12-2-1-10(5-20-12)25-7-13-21-11(6-26-13)14(23)22-8-15(24)3-9(22)4-15/h1-2,5-6,9,24H,3-4,7-8H2. The molecule has 11 heteroatoms. The van der Waals surface area contributed by atoms with Gasteiger partial charge in [0.25, 0.3) is 5.91 Å². The van der Waals surface area contributed by atoms with E-state index in [1.54, 1.807) is 4.90 Å². The summed E-state index contributed by atoms with van der Waals surface area (Å²) in [6, 6.07) is 2.29. The van der Waals surface area contributed by atoms with Crippen LogP contribution in [-0.2, 0) is 6.61 Å². The zero-order valence-corrected chi connectivity index (χ0v) is 13.8. The van der Waals surface area contributed by atoms with E-state index in [0.29, 0.717) is 12.8 Å². The molecule has 144 valence electrons. The molecule has 1 amide bonds. The third kappa shape index (κ3) is 3.68. The van der Waals surface area contributed by atoms with Crippen LogP contribution in [-0.4, -0.2) is 50.4 Å². The molecular formula is C16H14F3N3O5. The van der Waals surface area contributed by atoms with Gasteiger partial charge >= 0.3 is 6.36 Å². The molecule has 27 heavy (non-hydrogen) atoms. The van der Waals surface area contributed by atoms with Crippen molar-refractivity contribution in [2.24, 2.45) is 0 Å². The molecule has 1 N–H and O–H groups in total. The number of ether oxygens (including phenoxy) is 2. The van der Waals surface area contributed by atoms with Gasteiger partial charge in [-0.2, -0.15) is 0 Å². The van der Waals surface area contributed by atoms with Crippen molar-refractivity contribution in [3.05, 3.63) is 36.2 Å². The van der Waals surface area contributed by atoms with E-state index in [4.69, 9.17) is 9.15 Å². The van der Waals surface area contributed by atoms with Crippen LogP contribution in [0, 0.1) is 0 Å². The van der Waals surface area contributed by atoms with Crippen molar-refractivity contribution in [2.75, 3.05) is 6.54 Å². The number of aliphatic hydroxyl groups is 1. The number of amides is 1. The molecule has 3 aliphatic rings. The predicted octanol–water partition coefficient (Wildman–Crippen LogP) is 1.90. The molecule has 0 unspecified atom stereocenters. The monoisotopic (exact) mass is 385 g/mol. The van der Waals surface area contributed by atoms with Gasteiger partial charge in [-0.25, -0.2) is 9.97 Å². The molecule has 2 aromatic rings. The number of carbonyl (C=O) groups excluding carboxylic acids is 1. The van der Waals surface area contributed by atoms with Crippen molar-refractivity contribution < 1.29 is 37.0 Å². The van der Waals surface area contributed by atoms with Crippen molar-refractivity contribution in [3.8, 4) is 11.6 Å². The van der Waals surface area contributed by atoms with E-state index in [2.05, 4.69) is 14.7 Å². The highest BCUT2D eigenvalue weighted by Crippen LogP contribution is 2.44. The highest BCUT2D eigenvalue weighted by Gasteiger charge is 2.56. The summed E-state index contributed by atoms with van der Waals surface area (Å²) in [5.74, 6) is -0.624. The first-order valence-corrected chi connectivity index (χ1v) is 8.03. The number of hydrogen-bond acceptors (Lipinski definition) is 7. The van der Waals surface area contributed by atoms with Crippen LogP contribution in [0.1, 0.15) is 29.2 Å². The van der Waals surface area contributed by atoms with Crippen LogP contribution in [0.2, 0.25) is 0 Å². The molecule has 0 spiro atoms. The molecule has 8 nitrogen and oxygen atoms in total. The molecular weight excluding hydrogens is 371 g/mol. The Labute approximate surface area is 150 Å². The van der Waals surface area contributed by atoms with Crippen LogP contribution in [0.25, 0.3) is 0 Å². The van der Waals surface area contributed by atoms with Crippen LogP contribution in [0.15, 0.2) is 29.0 Å². The molecule has 1 saturated carbocycles. The van der Waals surface area contributed by atoms with Crippen molar-refractivity contribution in [2.45, 2.75) is 37.5 Å². The molecule has 2 bridgehead atoms. The van der Waals surface area contributed by atoms with Crippen molar-refractivity contribution in [3.63, 3.8) is 0 Å². The molecule has 3 fully saturated rings. The first-order valence-electron chi connectivity index (χ1n) is 8.03. The summed E-state index contributed by atoms with van der Waals surface area (Å²) >= 11 is 0. The Bertz CT molecular complexity index is 846.